The topological polar surface area (TPSA) is 126 Å². The number of benzene rings is 6. The van der Waals surface area contributed by atoms with Crippen LogP contribution in [0.4, 0.5) is 17.1 Å². The molecule has 0 spiro atoms. The molecule has 11 heteroatoms. The van der Waals surface area contributed by atoms with Gasteiger partial charge in [0.2, 0.25) is 5.69 Å². The summed E-state index contributed by atoms with van der Waals surface area (Å²) in [4.78, 5) is 53.0. The van der Waals surface area contributed by atoms with Gasteiger partial charge in [-0.1, -0.05) is 123 Å². The van der Waals surface area contributed by atoms with Crippen LogP contribution < -0.4 is 9.80 Å². The number of ether oxygens (including phenoxy) is 3. The van der Waals surface area contributed by atoms with Crippen LogP contribution in [0.2, 0.25) is 0 Å². The number of nitrogens with zero attached hydrogens (tertiary/aromatic N) is 3. The number of rotatable bonds is 19. The average molecular weight is 845 g/mol. The second-order valence-electron chi connectivity index (χ2n) is 15.9. The molecular weight excluding hydrogens is 795 g/mol. The van der Waals surface area contributed by atoms with Gasteiger partial charge in [0.15, 0.2) is 12.3 Å². The first-order valence-electron chi connectivity index (χ1n) is 21.4. The van der Waals surface area contributed by atoms with Crippen molar-refractivity contribution in [1.82, 2.24) is 0 Å². The number of hydrogen-bond acceptors (Lipinski definition) is 9. The van der Waals surface area contributed by atoms with Crippen molar-refractivity contribution in [3.63, 3.8) is 0 Å². The Labute approximate surface area is 365 Å². The molecule has 0 aromatic heterocycles. The van der Waals surface area contributed by atoms with E-state index in [4.69, 9.17) is 14.2 Å². The summed E-state index contributed by atoms with van der Waals surface area (Å²) in [5, 5.41) is 18.3. The lowest BCUT2D eigenvalue weighted by molar-refractivity contribution is -0.435. The maximum atomic E-state index is 13.8. The molecule has 2 aliphatic rings. The molecule has 63 heavy (non-hydrogen) atoms. The van der Waals surface area contributed by atoms with Crippen molar-refractivity contribution < 1.29 is 43.1 Å². The van der Waals surface area contributed by atoms with Gasteiger partial charge in [-0.25, -0.2) is 0 Å². The Kier molecular flexibility index (Phi) is 12.6. The van der Waals surface area contributed by atoms with E-state index in [1.807, 2.05) is 78.9 Å². The Morgan fingerprint density at radius 3 is 1.73 bits per heavy atom. The molecule has 0 bridgehead atoms. The molecule has 11 nitrogen and oxygen atoms in total. The minimum absolute atomic E-state index is 0.0544. The average Bonchev–Trinajstić information content (AvgIpc) is 3.73. The van der Waals surface area contributed by atoms with E-state index in [2.05, 4.69) is 76.8 Å². The Balaban J connectivity index is 1.26. The number of carboxylic acid groups (broad SMARTS) is 1. The molecule has 320 valence electrons. The predicted octanol–water partition coefficient (Wildman–Crippen LogP) is 9.49. The molecule has 2 aliphatic heterocycles. The Hall–Kier alpha value is -7.27. The number of carbonyl (C=O) groups excluding carboxylic acids is 3. The van der Waals surface area contributed by atoms with Crippen LogP contribution in [0.25, 0.3) is 43.1 Å². The molecule has 6 aromatic rings. The fraction of sp³-hybridized carbons (Fsp3) is 0.250. The number of carboxylic acids is 1. The number of hydrogen-bond donors (Lipinski definition) is 1. The summed E-state index contributed by atoms with van der Waals surface area (Å²) in [6, 6.07) is 32.8. The van der Waals surface area contributed by atoms with E-state index in [9.17, 15) is 24.3 Å². The van der Waals surface area contributed by atoms with Crippen molar-refractivity contribution in [2.24, 2.45) is 0 Å². The predicted molar refractivity (Wildman–Crippen MR) is 248 cm³/mol. The smallest absolute Gasteiger partial charge is 0.309 e. The van der Waals surface area contributed by atoms with Gasteiger partial charge < -0.3 is 29.1 Å². The number of fused-ring (bicyclic) bond motifs is 12. The molecule has 0 saturated heterocycles. The monoisotopic (exact) mass is 844 g/mol. The number of esters is 1. The van der Waals surface area contributed by atoms with E-state index in [-0.39, 0.29) is 38.6 Å². The van der Waals surface area contributed by atoms with Gasteiger partial charge in [-0.2, -0.15) is 4.58 Å². The standard InChI is InChI=1S/C52H49N3O8/c1-3-4-30-63-47(60)33-52(2)44(53(27-26-46(58)59)49-41-21-13-9-17-37(41)36-16-8-12-20-40(36)48(49)52)24-6-5-7-25-45-54(28-31-61-34-56)50-42-22-14-10-18-38(42)39-19-11-15-23-43(39)51(50)55(45)29-32-62-35-57/h5-25,34-35H,3-4,26-33H2,1-2H3/p+1. The van der Waals surface area contributed by atoms with Gasteiger partial charge in [-0.15, -0.1) is 0 Å². The van der Waals surface area contributed by atoms with E-state index in [0.29, 0.717) is 32.6 Å². The zero-order valence-corrected chi connectivity index (χ0v) is 35.5. The fourth-order valence-corrected chi connectivity index (χ4v) is 9.47. The molecule has 1 N–H and O–H groups in total. The molecule has 1 atom stereocenters. The summed E-state index contributed by atoms with van der Waals surface area (Å²) in [6.45, 7) is 6.51. The van der Waals surface area contributed by atoms with Crippen LogP contribution in [0.1, 0.15) is 45.1 Å². The van der Waals surface area contributed by atoms with Crippen molar-refractivity contribution in [3.8, 4) is 0 Å². The summed E-state index contributed by atoms with van der Waals surface area (Å²) >= 11 is 0. The highest BCUT2D eigenvalue weighted by Crippen LogP contribution is 2.52. The first-order chi connectivity index (χ1) is 30.8. The Morgan fingerprint density at radius 1 is 0.683 bits per heavy atom. The third-order valence-electron chi connectivity index (χ3n) is 12.1. The number of allylic oxidation sites excluding steroid dienone is 5. The molecule has 6 aromatic carbocycles. The third-order valence-corrected chi connectivity index (χ3v) is 12.1. The van der Waals surface area contributed by atoms with Crippen LogP contribution in [0.5, 0.6) is 0 Å². The second-order valence-corrected chi connectivity index (χ2v) is 15.9. The lowest BCUT2D eigenvalue weighted by atomic mass is 9.74. The van der Waals surface area contributed by atoms with Crippen LogP contribution in [0.3, 0.4) is 0 Å². The van der Waals surface area contributed by atoms with Gasteiger partial charge in [0.1, 0.15) is 25.5 Å². The highest BCUT2D eigenvalue weighted by atomic mass is 16.5. The summed E-state index contributed by atoms with van der Waals surface area (Å²) < 4.78 is 18.4. The molecule has 0 fully saturated rings. The van der Waals surface area contributed by atoms with Gasteiger partial charge in [-0.3, -0.25) is 19.2 Å². The van der Waals surface area contributed by atoms with Crippen LogP contribution >= 0.6 is 0 Å². The third kappa shape index (κ3) is 8.02. The highest BCUT2D eigenvalue weighted by Gasteiger charge is 2.51. The minimum Gasteiger partial charge on any atom is -0.481 e. The zero-order valence-electron chi connectivity index (χ0n) is 35.5. The lowest BCUT2D eigenvalue weighted by Crippen LogP contribution is -2.35. The van der Waals surface area contributed by atoms with Gasteiger partial charge >= 0.3 is 11.9 Å². The Morgan fingerprint density at radius 2 is 1.19 bits per heavy atom. The molecule has 0 radical (unpaired) electrons. The maximum Gasteiger partial charge on any atom is 0.309 e. The highest BCUT2D eigenvalue weighted by molar-refractivity contribution is 6.23. The van der Waals surface area contributed by atoms with E-state index in [0.717, 1.165) is 90.1 Å². The number of aliphatic carboxylic acids is 1. The maximum absolute atomic E-state index is 13.8. The number of anilines is 2. The van der Waals surface area contributed by atoms with Crippen molar-refractivity contribution >= 4 is 90.7 Å². The summed E-state index contributed by atoms with van der Waals surface area (Å²) in [5.41, 5.74) is 3.67. The van der Waals surface area contributed by atoms with Crippen molar-refractivity contribution in [2.45, 2.75) is 44.9 Å². The zero-order chi connectivity index (χ0) is 43.9. The first kappa shape index (κ1) is 42.4. The van der Waals surface area contributed by atoms with Crippen molar-refractivity contribution in [2.75, 3.05) is 49.3 Å². The first-order valence-corrected chi connectivity index (χ1v) is 21.4. The van der Waals surface area contributed by atoms with Crippen LogP contribution in [-0.2, 0) is 38.8 Å². The molecule has 2 heterocycles. The fourth-order valence-electron chi connectivity index (χ4n) is 9.47. The van der Waals surface area contributed by atoms with Crippen molar-refractivity contribution in [3.05, 3.63) is 139 Å². The second kappa shape index (κ2) is 18.8. The normalized spacial score (nSPS) is 15.9. The van der Waals surface area contributed by atoms with E-state index in [1.165, 1.54) is 0 Å². The van der Waals surface area contributed by atoms with Gasteiger partial charge in [0.25, 0.3) is 12.9 Å². The molecule has 0 saturated carbocycles. The molecule has 0 aliphatic carbocycles. The summed E-state index contributed by atoms with van der Waals surface area (Å²) in [6.07, 6.45) is 11.3. The van der Waals surface area contributed by atoms with E-state index >= 15 is 0 Å². The van der Waals surface area contributed by atoms with Gasteiger partial charge in [0.05, 0.1) is 48.3 Å². The van der Waals surface area contributed by atoms with E-state index in [1.54, 1.807) is 0 Å². The van der Waals surface area contributed by atoms with Crippen LogP contribution in [0, 0.1) is 0 Å². The van der Waals surface area contributed by atoms with Gasteiger partial charge in [0, 0.05) is 22.4 Å². The van der Waals surface area contributed by atoms with E-state index < -0.39 is 11.4 Å². The SMILES string of the molecule is CCCCOC(=O)CC1(C)C(/C=C/C=C/C=C2N(CCOC=O)c3c(c4ccccc4c4ccccc34)N2CCOC=O)=[N+](CCC(=O)O)c2c1c1ccccc1c1ccccc21. The van der Waals surface area contributed by atoms with Crippen LogP contribution in [-0.4, -0.2) is 79.7 Å². The quantitative estimate of drug-likeness (QED) is 0.0160. The number of carbonyl (C=O) groups is 4. The van der Waals surface area contributed by atoms with Crippen LogP contribution in [0.15, 0.2) is 133 Å². The summed E-state index contributed by atoms with van der Waals surface area (Å²) in [7, 11) is 0. The molecule has 8 rings (SSSR count). The minimum atomic E-state index is -0.923. The molecule has 0 amide bonds. The number of unbranched alkanes of at least 4 members (excludes halogenated alkanes) is 1. The summed E-state index contributed by atoms with van der Waals surface area (Å²) in [5.74, 6) is -0.450. The molecular formula is C52H50N3O8+. The lowest BCUT2D eigenvalue weighted by Gasteiger charge is -2.25. The van der Waals surface area contributed by atoms with Crippen molar-refractivity contribution in [1.29, 1.82) is 0 Å². The largest absolute Gasteiger partial charge is 0.481 e. The van der Waals surface area contributed by atoms with Gasteiger partial charge in [-0.05, 0) is 52.4 Å². The Bertz CT molecular complexity index is 2800. The molecule has 1 unspecified atom stereocenters.